The Balaban J connectivity index is 2.51. The van der Waals surface area contributed by atoms with E-state index in [0.29, 0.717) is 22.7 Å². The molecular formula is C13H13N3O2. The molecule has 0 atom stereocenters. The fourth-order valence-electron chi connectivity index (χ4n) is 1.63. The summed E-state index contributed by atoms with van der Waals surface area (Å²) in [4.78, 5) is 16.5. The van der Waals surface area contributed by atoms with E-state index in [1.54, 1.807) is 38.2 Å². The largest absolute Gasteiger partial charge is 0.494 e. The number of rotatable bonds is 3. The van der Waals surface area contributed by atoms with Gasteiger partial charge in [0.25, 0.3) is 0 Å². The number of ether oxygens (including phenoxy) is 1. The van der Waals surface area contributed by atoms with Crippen LogP contribution in [0.25, 0.3) is 0 Å². The van der Waals surface area contributed by atoms with Crippen LogP contribution < -0.4 is 4.74 Å². The van der Waals surface area contributed by atoms with Gasteiger partial charge in [0.15, 0.2) is 5.69 Å². The molecule has 2 aromatic heterocycles. The van der Waals surface area contributed by atoms with E-state index in [4.69, 9.17) is 4.74 Å². The second kappa shape index (κ2) is 4.91. The molecule has 5 heteroatoms. The van der Waals surface area contributed by atoms with Crippen molar-refractivity contribution < 1.29 is 9.53 Å². The number of hydrogen-bond acceptors (Lipinski definition) is 5. The van der Waals surface area contributed by atoms with E-state index in [0.717, 1.165) is 0 Å². The van der Waals surface area contributed by atoms with Crippen LogP contribution in [0.4, 0.5) is 0 Å². The lowest BCUT2D eigenvalue weighted by atomic mass is 10.1. The number of hydrogen-bond donors (Lipinski definition) is 0. The predicted molar refractivity (Wildman–Crippen MR) is 65.7 cm³/mol. The third-order valence-electron chi connectivity index (χ3n) is 2.55. The normalized spacial score (nSPS) is 10.2. The van der Waals surface area contributed by atoms with Crippen LogP contribution in [0.15, 0.2) is 24.4 Å². The fraction of sp³-hybridized carbons (Fsp3) is 0.231. The lowest BCUT2D eigenvalue weighted by Gasteiger charge is -2.07. The SMILES string of the molecule is COc1cccnc1C(=O)c1cc(C)nnc1C. The van der Waals surface area contributed by atoms with Gasteiger partial charge in [0, 0.05) is 11.8 Å². The first-order valence-electron chi connectivity index (χ1n) is 5.48. The van der Waals surface area contributed by atoms with E-state index in [1.165, 1.54) is 7.11 Å². The highest BCUT2D eigenvalue weighted by Crippen LogP contribution is 2.19. The van der Waals surface area contributed by atoms with E-state index in [2.05, 4.69) is 15.2 Å². The van der Waals surface area contributed by atoms with Gasteiger partial charge in [0.1, 0.15) is 5.75 Å². The quantitative estimate of drug-likeness (QED) is 0.768. The number of methoxy groups -OCH3 is 1. The number of nitrogens with zero attached hydrogens (tertiary/aromatic N) is 3. The van der Waals surface area contributed by atoms with E-state index in [-0.39, 0.29) is 11.5 Å². The molecule has 0 saturated heterocycles. The molecule has 2 rings (SSSR count). The molecule has 92 valence electrons. The maximum Gasteiger partial charge on any atom is 0.217 e. The molecule has 0 aliphatic rings. The predicted octanol–water partition coefficient (Wildman–Crippen LogP) is 1.73. The average Bonchev–Trinajstić information content (AvgIpc) is 2.40. The minimum atomic E-state index is -0.206. The van der Waals surface area contributed by atoms with Crippen LogP contribution in [0, 0.1) is 13.8 Å². The monoisotopic (exact) mass is 243 g/mol. The van der Waals surface area contributed by atoms with Crippen LogP contribution in [0.3, 0.4) is 0 Å². The number of ketones is 1. The van der Waals surface area contributed by atoms with Crippen molar-refractivity contribution in [3.8, 4) is 5.75 Å². The number of aryl methyl sites for hydroxylation is 2. The van der Waals surface area contributed by atoms with Crippen molar-refractivity contribution in [2.45, 2.75) is 13.8 Å². The van der Waals surface area contributed by atoms with Crippen molar-refractivity contribution in [1.82, 2.24) is 15.2 Å². The van der Waals surface area contributed by atoms with Crippen molar-refractivity contribution in [2.75, 3.05) is 7.11 Å². The van der Waals surface area contributed by atoms with Gasteiger partial charge in [0.05, 0.1) is 18.5 Å². The number of carbonyl (C=O) groups is 1. The second-order valence-electron chi connectivity index (χ2n) is 3.87. The summed E-state index contributed by atoms with van der Waals surface area (Å²) in [6, 6.07) is 5.13. The van der Waals surface area contributed by atoms with Crippen LogP contribution in [-0.4, -0.2) is 28.1 Å². The van der Waals surface area contributed by atoms with Crippen LogP contribution in [0.1, 0.15) is 27.4 Å². The highest BCUT2D eigenvalue weighted by atomic mass is 16.5. The molecule has 0 N–H and O–H groups in total. The summed E-state index contributed by atoms with van der Waals surface area (Å²) in [6.07, 6.45) is 1.56. The molecule has 5 nitrogen and oxygen atoms in total. The molecular weight excluding hydrogens is 230 g/mol. The van der Waals surface area contributed by atoms with Crippen molar-refractivity contribution in [2.24, 2.45) is 0 Å². The van der Waals surface area contributed by atoms with Gasteiger partial charge < -0.3 is 4.74 Å². The lowest BCUT2D eigenvalue weighted by molar-refractivity contribution is 0.103. The molecule has 0 aliphatic carbocycles. The Morgan fingerprint density at radius 1 is 1.28 bits per heavy atom. The van der Waals surface area contributed by atoms with Gasteiger partial charge in [-0.25, -0.2) is 4.98 Å². The van der Waals surface area contributed by atoms with Gasteiger partial charge in [-0.2, -0.15) is 10.2 Å². The average molecular weight is 243 g/mol. The molecule has 0 amide bonds. The highest BCUT2D eigenvalue weighted by molar-refractivity contribution is 6.10. The summed E-state index contributed by atoms with van der Waals surface area (Å²) in [5.41, 5.74) is 2.06. The summed E-state index contributed by atoms with van der Waals surface area (Å²) in [5.74, 6) is 0.249. The van der Waals surface area contributed by atoms with Crippen LogP contribution >= 0.6 is 0 Å². The lowest BCUT2D eigenvalue weighted by Crippen LogP contribution is -2.10. The van der Waals surface area contributed by atoms with Crippen LogP contribution in [0.5, 0.6) is 5.75 Å². The van der Waals surface area contributed by atoms with E-state index < -0.39 is 0 Å². The molecule has 2 aromatic rings. The Kier molecular flexibility index (Phi) is 3.32. The first-order chi connectivity index (χ1) is 8.63. The summed E-state index contributed by atoms with van der Waals surface area (Å²) >= 11 is 0. The maximum absolute atomic E-state index is 12.4. The summed E-state index contributed by atoms with van der Waals surface area (Å²) in [6.45, 7) is 3.54. The van der Waals surface area contributed by atoms with E-state index in [9.17, 15) is 4.79 Å². The van der Waals surface area contributed by atoms with Crippen molar-refractivity contribution >= 4 is 5.78 Å². The van der Waals surface area contributed by atoms with Crippen molar-refractivity contribution in [1.29, 1.82) is 0 Å². The zero-order valence-corrected chi connectivity index (χ0v) is 10.5. The smallest absolute Gasteiger partial charge is 0.217 e. The summed E-state index contributed by atoms with van der Waals surface area (Å²) in [5, 5.41) is 7.85. The Bertz CT molecular complexity index is 597. The minimum Gasteiger partial charge on any atom is -0.494 e. The fourth-order valence-corrected chi connectivity index (χ4v) is 1.63. The molecule has 0 spiro atoms. The number of pyridine rings is 1. The topological polar surface area (TPSA) is 65.0 Å². The summed E-state index contributed by atoms with van der Waals surface area (Å²) in [7, 11) is 1.51. The van der Waals surface area contributed by atoms with Crippen LogP contribution in [0.2, 0.25) is 0 Å². The van der Waals surface area contributed by atoms with Gasteiger partial charge in [-0.3, -0.25) is 4.79 Å². The Hall–Kier alpha value is -2.30. The van der Waals surface area contributed by atoms with Crippen LogP contribution in [-0.2, 0) is 0 Å². The number of aromatic nitrogens is 3. The molecule has 0 fully saturated rings. The standard InChI is InChI=1S/C13H13N3O2/c1-8-7-10(9(2)16-15-8)13(17)12-11(18-3)5-4-6-14-12/h4-7H,1-3H3. The van der Waals surface area contributed by atoms with E-state index in [1.807, 2.05) is 0 Å². The number of carbonyl (C=O) groups excluding carboxylic acids is 1. The van der Waals surface area contributed by atoms with Crippen molar-refractivity contribution in [3.05, 3.63) is 47.0 Å². The minimum absolute atomic E-state index is 0.206. The molecule has 0 unspecified atom stereocenters. The van der Waals surface area contributed by atoms with Crippen molar-refractivity contribution in [3.63, 3.8) is 0 Å². The maximum atomic E-state index is 12.4. The summed E-state index contributed by atoms with van der Waals surface area (Å²) < 4.78 is 5.14. The molecule has 0 aromatic carbocycles. The Morgan fingerprint density at radius 3 is 2.78 bits per heavy atom. The molecule has 0 aliphatic heterocycles. The first kappa shape index (κ1) is 12.2. The molecule has 18 heavy (non-hydrogen) atoms. The van der Waals surface area contributed by atoms with Gasteiger partial charge >= 0.3 is 0 Å². The Morgan fingerprint density at radius 2 is 2.06 bits per heavy atom. The molecule has 0 bridgehead atoms. The van der Waals surface area contributed by atoms with Gasteiger partial charge in [-0.05, 0) is 32.0 Å². The van der Waals surface area contributed by atoms with Gasteiger partial charge in [0.2, 0.25) is 5.78 Å². The zero-order chi connectivity index (χ0) is 13.1. The Labute approximate surface area is 105 Å². The zero-order valence-electron chi connectivity index (χ0n) is 10.5. The third-order valence-corrected chi connectivity index (χ3v) is 2.55. The third kappa shape index (κ3) is 2.20. The van der Waals surface area contributed by atoms with Gasteiger partial charge in [-0.1, -0.05) is 0 Å². The highest BCUT2D eigenvalue weighted by Gasteiger charge is 2.18. The first-order valence-corrected chi connectivity index (χ1v) is 5.48. The molecule has 0 radical (unpaired) electrons. The van der Waals surface area contributed by atoms with Gasteiger partial charge in [-0.15, -0.1) is 0 Å². The molecule has 2 heterocycles. The van der Waals surface area contributed by atoms with E-state index >= 15 is 0 Å². The second-order valence-corrected chi connectivity index (χ2v) is 3.87. The molecule has 0 saturated carbocycles.